The zero-order chi connectivity index (χ0) is 13.8. The van der Waals surface area contributed by atoms with Crippen molar-refractivity contribution in [1.29, 1.82) is 0 Å². The standard InChI is InChI=1S/C11H20O5Si2/c1-4-11(10-8-6-5-7-9-10)17(2,3)15-16-18(12,13)14/h5-9,11-14H,4H2,1-3H3. The van der Waals surface area contributed by atoms with Gasteiger partial charge in [-0.3, -0.25) is 4.58 Å². The SMILES string of the molecule is CCC(c1ccccc1)[Si](C)(C)OO[Si](O)(O)O. The molecule has 0 aliphatic carbocycles. The van der Waals surface area contributed by atoms with Gasteiger partial charge in [-0.15, -0.1) is 0 Å². The molecule has 0 saturated heterocycles. The maximum Gasteiger partial charge on any atom is 0.698 e. The Kier molecular flexibility index (Phi) is 5.23. The molecule has 0 aliphatic rings. The summed E-state index contributed by atoms with van der Waals surface area (Å²) in [5.74, 6) is 0. The molecule has 1 aromatic rings. The molecule has 5 nitrogen and oxygen atoms in total. The number of benzene rings is 1. The molecular formula is C11H20O5Si2. The monoisotopic (exact) mass is 288 g/mol. The van der Waals surface area contributed by atoms with E-state index in [1.54, 1.807) is 0 Å². The van der Waals surface area contributed by atoms with E-state index in [0.717, 1.165) is 12.0 Å². The highest BCUT2D eigenvalue weighted by atomic mass is 28.4. The number of hydrogen-bond donors (Lipinski definition) is 3. The molecule has 0 fully saturated rings. The summed E-state index contributed by atoms with van der Waals surface area (Å²) in [5.41, 5.74) is 1.27. The third kappa shape index (κ3) is 4.61. The van der Waals surface area contributed by atoms with E-state index in [0.29, 0.717) is 0 Å². The Balaban J connectivity index is 2.80. The van der Waals surface area contributed by atoms with Gasteiger partial charge in [0.2, 0.25) is 8.32 Å². The Morgan fingerprint density at radius 3 is 2.06 bits per heavy atom. The molecule has 3 N–H and O–H groups in total. The van der Waals surface area contributed by atoms with Gasteiger partial charge < -0.3 is 14.4 Å². The quantitative estimate of drug-likeness (QED) is 0.417. The van der Waals surface area contributed by atoms with Crippen molar-refractivity contribution >= 4 is 17.4 Å². The van der Waals surface area contributed by atoms with Crippen LogP contribution in [0.2, 0.25) is 13.1 Å². The van der Waals surface area contributed by atoms with Gasteiger partial charge in [0.15, 0.2) is 0 Å². The maximum atomic E-state index is 8.83. The van der Waals surface area contributed by atoms with Crippen molar-refractivity contribution in [2.24, 2.45) is 0 Å². The van der Waals surface area contributed by atoms with Crippen molar-refractivity contribution < 1.29 is 23.5 Å². The minimum absolute atomic E-state index is 0.148. The first-order chi connectivity index (χ1) is 8.26. The largest absolute Gasteiger partial charge is 0.698 e. The predicted molar refractivity (Wildman–Crippen MR) is 71.5 cm³/mol. The Bertz CT molecular complexity index is 363. The second kappa shape index (κ2) is 6.06. The van der Waals surface area contributed by atoms with Gasteiger partial charge in [-0.2, -0.15) is 0 Å². The van der Waals surface area contributed by atoms with E-state index in [2.05, 4.69) is 4.58 Å². The zero-order valence-corrected chi connectivity index (χ0v) is 12.8. The summed E-state index contributed by atoms with van der Waals surface area (Å²) in [6.07, 6.45) is 0.851. The molecule has 1 aromatic carbocycles. The molecule has 0 radical (unpaired) electrons. The third-order valence-corrected chi connectivity index (χ3v) is 6.22. The minimum Gasteiger partial charge on any atom is -0.366 e. The van der Waals surface area contributed by atoms with Crippen LogP contribution in [0.5, 0.6) is 0 Å². The van der Waals surface area contributed by atoms with Crippen LogP contribution in [0.4, 0.5) is 0 Å². The van der Waals surface area contributed by atoms with Crippen LogP contribution in [0.25, 0.3) is 0 Å². The van der Waals surface area contributed by atoms with Gasteiger partial charge in [-0.1, -0.05) is 37.3 Å². The number of rotatable bonds is 6. The van der Waals surface area contributed by atoms with Crippen molar-refractivity contribution in [1.82, 2.24) is 0 Å². The summed E-state index contributed by atoms with van der Waals surface area (Å²) in [4.78, 5) is 26.5. The van der Waals surface area contributed by atoms with E-state index in [1.165, 1.54) is 0 Å². The smallest absolute Gasteiger partial charge is 0.366 e. The Morgan fingerprint density at radius 1 is 1.06 bits per heavy atom. The fraction of sp³-hybridized carbons (Fsp3) is 0.455. The van der Waals surface area contributed by atoms with E-state index >= 15 is 0 Å². The van der Waals surface area contributed by atoms with Crippen LogP contribution in [-0.4, -0.2) is 31.8 Å². The number of hydrogen-bond acceptors (Lipinski definition) is 5. The van der Waals surface area contributed by atoms with E-state index in [-0.39, 0.29) is 5.54 Å². The molecule has 18 heavy (non-hydrogen) atoms. The van der Waals surface area contributed by atoms with Gasteiger partial charge >= 0.3 is 9.05 Å². The van der Waals surface area contributed by atoms with Crippen LogP contribution in [0, 0.1) is 0 Å². The third-order valence-electron chi connectivity index (χ3n) is 2.82. The topological polar surface area (TPSA) is 79.2 Å². The molecular weight excluding hydrogens is 268 g/mol. The molecule has 7 heteroatoms. The van der Waals surface area contributed by atoms with Crippen molar-refractivity contribution in [3.8, 4) is 0 Å². The first-order valence-electron chi connectivity index (χ1n) is 5.85. The van der Waals surface area contributed by atoms with E-state index in [1.807, 2.05) is 50.3 Å². The Labute approximate surface area is 109 Å². The lowest BCUT2D eigenvalue weighted by Crippen LogP contribution is -2.46. The van der Waals surface area contributed by atoms with Gasteiger partial charge in [0, 0.05) is 5.54 Å². The molecule has 0 aliphatic heterocycles. The maximum absolute atomic E-state index is 8.83. The summed E-state index contributed by atoms with van der Waals surface area (Å²) < 4.78 is 9.52. The van der Waals surface area contributed by atoms with Gasteiger partial charge in [-0.25, -0.2) is 4.58 Å². The first kappa shape index (κ1) is 15.5. The van der Waals surface area contributed by atoms with Gasteiger partial charge in [-0.05, 0) is 25.1 Å². The molecule has 102 valence electrons. The van der Waals surface area contributed by atoms with Crippen LogP contribution in [0.1, 0.15) is 24.4 Å². The molecule has 0 bridgehead atoms. The molecule has 0 aromatic heterocycles. The fourth-order valence-corrected chi connectivity index (χ4v) is 5.44. The molecule has 0 saturated carbocycles. The Morgan fingerprint density at radius 2 is 1.61 bits per heavy atom. The van der Waals surface area contributed by atoms with Gasteiger partial charge in [0.1, 0.15) is 0 Å². The van der Waals surface area contributed by atoms with Crippen molar-refractivity contribution in [3.63, 3.8) is 0 Å². The lowest BCUT2D eigenvalue weighted by molar-refractivity contribution is -0.189. The van der Waals surface area contributed by atoms with Crippen LogP contribution >= 0.6 is 0 Å². The normalized spacial score (nSPS) is 14.6. The minimum atomic E-state index is -4.61. The second-order valence-corrected chi connectivity index (χ2v) is 10.1. The fourth-order valence-electron chi connectivity index (χ4n) is 2.04. The molecule has 0 amide bonds. The van der Waals surface area contributed by atoms with Crippen LogP contribution in [-0.2, 0) is 9.15 Å². The molecule has 0 heterocycles. The molecule has 1 atom stereocenters. The summed E-state index contributed by atoms with van der Waals surface area (Å²) in [5, 5.41) is 0. The lowest BCUT2D eigenvalue weighted by atomic mass is 10.1. The summed E-state index contributed by atoms with van der Waals surface area (Å²) >= 11 is 0. The highest BCUT2D eigenvalue weighted by Crippen LogP contribution is 2.31. The van der Waals surface area contributed by atoms with Gasteiger partial charge in [0.25, 0.3) is 0 Å². The first-order valence-corrected chi connectivity index (χ1v) is 10.6. The van der Waals surface area contributed by atoms with Crippen molar-refractivity contribution in [2.75, 3.05) is 0 Å². The summed E-state index contributed by atoms with van der Waals surface area (Å²) in [6, 6.07) is 9.86. The Hall–Kier alpha value is -0.546. The molecule has 0 spiro atoms. The van der Waals surface area contributed by atoms with Crippen LogP contribution in [0.3, 0.4) is 0 Å². The molecule has 1 unspecified atom stereocenters. The van der Waals surface area contributed by atoms with Crippen LogP contribution < -0.4 is 0 Å². The van der Waals surface area contributed by atoms with E-state index < -0.39 is 17.4 Å². The lowest BCUT2D eigenvalue weighted by Gasteiger charge is -2.31. The van der Waals surface area contributed by atoms with E-state index in [4.69, 9.17) is 19.0 Å². The van der Waals surface area contributed by atoms with E-state index in [9.17, 15) is 0 Å². The van der Waals surface area contributed by atoms with Crippen molar-refractivity contribution in [2.45, 2.75) is 32.0 Å². The summed E-state index contributed by atoms with van der Waals surface area (Å²) in [6.45, 7) is 5.86. The highest BCUT2D eigenvalue weighted by molar-refractivity contribution is 6.72. The molecule has 1 rings (SSSR count). The average molecular weight is 288 g/mol. The highest BCUT2D eigenvalue weighted by Gasteiger charge is 2.41. The average Bonchev–Trinajstić information content (AvgIpc) is 2.28. The van der Waals surface area contributed by atoms with Gasteiger partial charge in [0.05, 0.1) is 0 Å². The second-order valence-electron chi connectivity index (χ2n) is 4.72. The predicted octanol–water partition coefficient (Wildman–Crippen LogP) is 1.29. The van der Waals surface area contributed by atoms with Crippen molar-refractivity contribution in [3.05, 3.63) is 35.9 Å². The van der Waals surface area contributed by atoms with Crippen LogP contribution in [0.15, 0.2) is 30.3 Å². The summed E-state index contributed by atoms with van der Waals surface area (Å²) in [7, 11) is -6.96. The zero-order valence-electron chi connectivity index (χ0n) is 10.8.